The molecule has 3 amide bonds. The number of amides is 3. The van der Waals surface area contributed by atoms with Crippen molar-refractivity contribution in [1.29, 1.82) is 0 Å². The SMILES string of the molecule is O=C(Nc1ccc2cc1CCc1cccc(c1)Nc1ncc(Cl)c(n1)N2)[C@@H]1CCN(C(=O)NC2CCCC2)C1.O=C(O)C(F)(F)F. The number of carboxylic acids is 1. The molecule has 15 heteroatoms. The Balaban J connectivity index is 0.000000537. The number of carbonyl (C=O) groups is 3. The molecule has 2 aliphatic heterocycles. The Bertz CT molecular complexity index is 1600. The number of carboxylic acid groups (broad SMARTS) is 1. The Hall–Kier alpha value is -4.59. The number of benzene rings is 2. The summed E-state index contributed by atoms with van der Waals surface area (Å²) in [7, 11) is 0. The molecule has 6 rings (SSSR count). The minimum absolute atomic E-state index is 0.0473. The molecule has 1 aliphatic carbocycles. The van der Waals surface area contributed by atoms with Crippen LogP contribution in [0.4, 0.5) is 46.8 Å². The van der Waals surface area contributed by atoms with Crippen molar-refractivity contribution in [2.24, 2.45) is 5.92 Å². The van der Waals surface area contributed by atoms with Crippen molar-refractivity contribution in [3.05, 3.63) is 64.8 Å². The van der Waals surface area contributed by atoms with Crippen LogP contribution < -0.4 is 21.3 Å². The van der Waals surface area contributed by atoms with Crippen LogP contribution in [-0.4, -0.2) is 63.2 Å². The predicted octanol–water partition coefficient (Wildman–Crippen LogP) is 6.26. The fraction of sp³-hybridized carbons (Fsp3) is 0.387. The number of likely N-dealkylation sites (tertiary alicyclic amines) is 1. The van der Waals surface area contributed by atoms with Crippen LogP contribution in [0.1, 0.15) is 43.2 Å². The summed E-state index contributed by atoms with van der Waals surface area (Å²) in [5.74, 6) is -2.10. The lowest BCUT2D eigenvalue weighted by Crippen LogP contribution is -2.43. The van der Waals surface area contributed by atoms with E-state index in [0.717, 1.165) is 53.9 Å². The van der Waals surface area contributed by atoms with E-state index in [2.05, 4.69) is 43.4 Å². The third kappa shape index (κ3) is 8.56. The number of aromatic nitrogens is 2. The smallest absolute Gasteiger partial charge is 0.475 e. The second kappa shape index (κ2) is 14.2. The molecular weight excluding hydrogens is 627 g/mol. The van der Waals surface area contributed by atoms with E-state index in [1.54, 1.807) is 11.1 Å². The molecule has 3 aliphatic rings. The van der Waals surface area contributed by atoms with Gasteiger partial charge in [0.1, 0.15) is 5.02 Å². The summed E-state index contributed by atoms with van der Waals surface area (Å²) in [5, 5.41) is 20.4. The van der Waals surface area contributed by atoms with Crippen LogP contribution in [0.25, 0.3) is 0 Å². The van der Waals surface area contributed by atoms with E-state index in [4.69, 9.17) is 21.5 Å². The summed E-state index contributed by atoms with van der Waals surface area (Å²) in [6.45, 7) is 1.03. The average Bonchev–Trinajstić information content (AvgIpc) is 3.72. The fourth-order valence-corrected chi connectivity index (χ4v) is 5.73. The van der Waals surface area contributed by atoms with Gasteiger partial charge in [0.25, 0.3) is 0 Å². The van der Waals surface area contributed by atoms with Gasteiger partial charge < -0.3 is 31.3 Å². The molecule has 6 bridgehead atoms. The first-order valence-corrected chi connectivity index (χ1v) is 15.3. The van der Waals surface area contributed by atoms with Gasteiger partial charge in [-0.3, -0.25) is 4.79 Å². The number of anilines is 5. The van der Waals surface area contributed by atoms with Crippen molar-refractivity contribution < 1.29 is 32.7 Å². The maximum Gasteiger partial charge on any atom is 0.490 e. The van der Waals surface area contributed by atoms with Crippen LogP contribution >= 0.6 is 11.6 Å². The van der Waals surface area contributed by atoms with Crippen LogP contribution in [0.5, 0.6) is 0 Å². The summed E-state index contributed by atoms with van der Waals surface area (Å²) in [6, 6.07) is 14.2. The molecule has 1 aromatic heterocycles. The van der Waals surface area contributed by atoms with E-state index >= 15 is 0 Å². The number of carbonyl (C=O) groups excluding carboxylic acids is 2. The maximum absolute atomic E-state index is 13.3. The fourth-order valence-electron chi connectivity index (χ4n) is 5.59. The van der Waals surface area contributed by atoms with Gasteiger partial charge in [-0.15, -0.1) is 0 Å². The third-order valence-corrected chi connectivity index (χ3v) is 8.28. The van der Waals surface area contributed by atoms with Gasteiger partial charge in [0.2, 0.25) is 11.9 Å². The number of aryl methyl sites for hydroxylation is 2. The van der Waals surface area contributed by atoms with Gasteiger partial charge in [0.15, 0.2) is 5.82 Å². The Morgan fingerprint density at radius 1 is 1.00 bits per heavy atom. The van der Waals surface area contributed by atoms with Crippen molar-refractivity contribution >= 4 is 58.3 Å². The Morgan fingerprint density at radius 3 is 2.48 bits per heavy atom. The number of hydrogen-bond acceptors (Lipinski definition) is 7. The monoisotopic (exact) mass is 659 g/mol. The van der Waals surface area contributed by atoms with E-state index in [1.165, 1.54) is 12.8 Å². The van der Waals surface area contributed by atoms with Crippen molar-refractivity contribution in [3.8, 4) is 0 Å². The molecule has 1 saturated carbocycles. The molecule has 3 aromatic rings. The Morgan fingerprint density at radius 2 is 1.74 bits per heavy atom. The zero-order valence-electron chi connectivity index (χ0n) is 24.7. The Labute approximate surface area is 267 Å². The maximum atomic E-state index is 13.3. The highest BCUT2D eigenvalue weighted by molar-refractivity contribution is 6.32. The van der Waals surface area contributed by atoms with Gasteiger partial charge in [-0.1, -0.05) is 36.6 Å². The van der Waals surface area contributed by atoms with Gasteiger partial charge in [0.05, 0.1) is 12.1 Å². The van der Waals surface area contributed by atoms with E-state index < -0.39 is 12.1 Å². The molecule has 0 spiro atoms. The summed E-state index contributed by atoms with van der Waals surface area (Å²) in [5.41, 5.74) is 4.64. The number of urea groups is 1. The lowest BCUT2D eigenvalue weighted by Gasteiger charge is -2.20. The van der Waals surface area contributed by atoms with Crippen molar-refractivity contribution in [3.63, 3.8) is 0 Å². The number of nitrogens with zero attached hydrogens (tertiary/aromatic N) is 3. The zero-order chi connectivity index (χ0) is 32.8. The summed E-state index contributed by atoms with van der Waals surface area (Å²) in [6.07, 6.45) is 3.09. The third-order valence-electron chi connectivity index (χ3n) is 8.01. The summed E-state index contributed by atoms with van der Waals surface area (Å²) < 4.78 is 31.7. The molecular formula is C31H33ClF3N7O4. The second-order valence-corrected chi connectivity index (χ2v) is 11.8. The summed E-state index contributed by atoms with van der Waals surface area (Å²) in [4.78, 5) is 45.5. The molecule has 11 nitrogen and oxygen atoms in total. The minimum atomic E-state index is -5.08. The number of hydrogen-bond donors (Lipinski definition) is 5. The number of fused-ring (bicyclic) bond motifs is 6. The lowest BCUT2D eigenvalue weighted by atomic mass is 10.0. The highest BCUT2D eigenvalue weighted by Gasteiger charge is 2.38. The number of alkyl halides is 3. The largest absolute Gasteiger partial charge is 0.490 e. The average molecular weight is 660 g/mol. The first-order valence-electron chi connectivity index (χ1n) is 14.9. The number of rotatable bonds is 3. The van der Waals surface area contributed by atoms with Gasteiger partial charge in [-0.25, -0.2) is 14.6 Å². The minimum Gasteiger partial charge on any atom is -0.475 e. The molecule has 2 aromatic carbocycles. The first-order chi connectivity index (χ1) is 21.9. The molecule has 5 N–H and O–H groups in total. The van der Waals surface area contributed by atoms with Gasteiger partial charge in [-0.05, 0) is 73.6 Å². The normalized spacial score (nSPS) is 17.6. The van der Waals surface area contributed by atoms with Crippen LogP contribution in [-0.2, 0) is 22.4 Å². The molecule has 46 heavy (non-hydrogen) atoms. The zero-order valence-corrected chi connectivity index (χ0v) is 25.4. The highest BCUT2D eigenvalue weighted by atomic mass is 35.5. The summed E-state index contributed by atoms with van der Waals surface area (Å²) >= 11 is 6.38. The van der Waals surface area contributed by atoms with Crippen molar-refractivity contribution in [1.82, 2.24) is 20.2 Å². The highest BCUT2D eigenvalue weighted by Crippen LogP contribution is 2.30. The van der Waals surface area contributed by atoms with Gasteiger partial charge >= 0.3 is 18.2 Å². The number of halogens is 4. The van der Waals surface area contributed by atoms with Gasteiger partial charge in [-0.2, -0.15) is 18.2 Å². The van der Waals surface area contributed by atoms with E-state index in [0.29, 0.717) is 36.3 Å². The van der Waals surface area contributed by atoms with E-state index in [9.17, 15) is 22.8 Å². The molecule has 244 valence electrons. The first kappa shape index (κ1) is 32.8. The molecule has 1 atom stereocenters. The predicted molar refractivity (Wildman–Crippen MR) is 167 cm³/mol. The topological polar surface area (TPSA) is 149 Å². The number of aliphatic carboxylic acids is 1. The van der Waals surface area contributed by atoms with Crippen LogP contribution in [0, 0.1) is 5.92 Å². The molecule has 2 fully saturated rings. The van der Waals surface area contributed by atoms with Crippen LogP contribution in [0.2, 0.25) is 5.02 Å². The van der Waals surface area contributed by atoms with E-state index in [-0.39, 0.29) is 23.9 Å². The molecule has 1 saturated heterocycles. The molecule has 3 heterocycles. The number of nitrogens with one attached hydrogen (secondary N) is 4. The van der Waals surface area contributed by atoms with Crippen LogP contribution in [0.3, 0.4) is 0 Å². The van der Waals surface area contributed by atoms with Crippen molar-refractivity contribution in [2.45, 2.75) is 57.2 Å². The Kier molecular flexibility index (Phi) is 10.1. The second-order valence-electron chi connectivity index (χ2n) is 11.4. The molecule has 0 unspecified atom stereocenters. The lowest BCUT2D eigenvalue weighted by molar-refractivity contribution is -0.192. The molecule has 0 radical (unpaired) electrons. The van der Waals surface area contributed by atoms with Gasteiger partial charge in [0, 0.05) is 36.2 Å². The standard InChI is InChI=1S/C29H32ClN7O2.C2HF3O2/c30-24-16-31-28-33-22-7-3-4-18(14-22)8-9-19-15-23(32-26(24)36-28)10-11-25(19)35-27(38)20-12-13-37(17-20)29(39)34-21-5-1-2-6-21;3-2(4,5)1(6)7/h3-4,7,10-11,14-16,20-21H,1-2,5-6,8-9,12-13,17H2,(H,34,39)(H,35,38)(H2,31,32,33,36);(H,6,7)/t20-;/m1./s1. The van der Waals surface area contributed by atoms with Crippen molar-refractivity contribution in [2.75, 3.05) is 29.0 Å². The quantitative estimate of drug-likeness (QED) is 0.221. The van der Waals surface area contributed by atoms with Crippen LogP contribution in [0.15, 0.2) is 48.7 Å². The van der Waals surface area contributed by atoms with E-state index in [1.807, 2.05) is 30.3 Å².